The zero-order valence-corrected chi connectivity index (χ0v) is 15.0. The molecular weight excluding hydrogens is 358 g/mol. The molecule has 2 aromatic rings. The van der Waals surface area contributed by atoms with Crippen molar-refractivity contribution < 1.29 is 4.74 Å². The smallest absolute Gasteiger partial charge is 0.191 e. The van der Waals surface area contributed by atoms with Crippen LogP contribution in [0.4, 0.5) is 0 Å². The van der Waals surface area contributed by atoms with Gasteiger partial charge in [0.2, 0.25) is 0 Å². The Hall–Kier alpha value is -2.02. The molecule has 0 saturated heterocycles. The quantitative estimate of drug-likeness (QED) is 0.440. The highest BCUT2D eigenvalue weighted by atomic mass is 79.9. The van der Waals surface area contributed by atoms with Crippen LogP contribution in [0.2, 0.25) is 0 Å². The third-order valence-corrected chi connectivity index (χ3v) is 3.94. The van der Waals surface area contributed by atoms with Crippen molar-refractivity contribution in [2.45, 2.75) is 19.5 Å². The highest BCUT2D eigenvalue weighted by Gasteiger charge is 2.03. The van der Waals surface area contributed by atoms with Crippen LogP contribution >= 0.6 is 15.9 Å². The molecule has 0 unspecified atom stereocenters. The van der Waals surface area contributed by atoms with E-state index in [2.05, 4.69) is 36.7 Å². The van der Waals surface area contributed by atoms with E-state index in [-0.39, 0.29) is 0 Å². The Balaban J connectivity index is 1.73. The lowest BCUT2D eigenvalue weighted by Gasteiger charge is -2.12. The molecule has 0 saturated carbocycles. The molecule has 23 heavy (non-hydrogen) atoms. The van der Waals surface area contributed by atoms with Gasteiger partial charge in [0.05, 0.1) is 11.6 Å². The van der Waals surface area contributed by atoms with Gasteiger partial charge in [0.1, 0.15) is 5.75 Å². The van der Waals surface area contributed by atoms with Crippen molar-refractivity contribution in [3.8, 4) is 5.75 Å². The van der Waals surface area contributed by atoms with Crippen LogP contribution < -0.4 is 15.4 Å². The van der Waals surface area contributed by atoms with E-state index in [0.717, 1.165) is 41.3 Å². The van der Waals surface area contributed by atoms with E-state index in [1.807, 2.05) is 35.1 Å². The zero-order chi connectivity index (χ0) is 16.5. The van der Waals surface area contributed by atoms with Crippen LogP contribution in [-0.2, 0) is 13.1 Å². The minimum Gasteiger partial charge on any atom is -0.496 e. The van der Waals surface area contributed by atoms with E-state index in [0.29, 0.717) is 6.54 Å². The minimum absolute atomic E-state index is 0.696. The predicted molar refractivity (Wildman–Crippen MR) is 95.7 cm³/mol. The van der Waals surface area contributed by atoms with E-state index < -0.39 is 0 Å². The summed E-state index contributed by atoms with van der Waals surface area (Å²) in [6, 6.07) is 7.95. The molecule has 6 nitrogen and oxygen atoms in total. The number of methoxy groups -OCH3 is 1. The number of ether oxygens (including phenoxy) is 1. The molecule has 1 aromatic heterocycles. The van der Waals surface area contributed by atoms with Gasteiger partial charge >= 0.3 is 0 Å². The number of aromatic nitrogens is 2. The Kier molecular flexibility index (Phi) is 6.93. The average Bonchev–Trinajstić information content (AvgIpc) is 3.07. The second-order valence-corrected chi connectivity index (χ2v) is 5.80. The fourth-order valence-electron chi connectivity index (χ4n) is 2.11. The van der Waals surface area contributed by atoms with Gasteiger partial charge in [-0.1, -0.05) is 6.07 Å². The first-order valence-corrected chi connectivity index (χ1v) is 8.26. The molecule has 0 aliphatic heterocycles. The zero-order valence-electron chi connectivity index (χ0n) is 13.4. The Morgan fingerprint density at radius 1 is 1.39 bits per heavy atom. The Morgan fingerprint density at radius 2 is 2.26 bits per heavy atom. The number of aryl methyl sites for hydroxylation is 1. The largest absolute Gasteiger partial charge is 0.496 e. The fraction of sp³-hybridized carbons (Fsp3) is 0.375. The van der Waals surface area contributed by atoms with Crippen molar-refractivity contribution in [1.29, 1.82) is 0 Å². The van der Waals surface area contributed by atoms with Gasteiger partial charge < -0.3 is 15.4 Å². The van der Waals surface area contributed by atoms with Crippen molar-refractivity contribution >= 4 is 21.9 Å². The Bertz CT molecular complexity index is 627. The van der Waals surface area contributed by atoms with E-state index in [1.54, 1.807) is 20.4 Å². The van der Waals surface area contributed by atoms with E-state index in [9.17, 15) is 0 Å². The molecule has 124 valence electrons. The maximum atomic E-state index is 5.23. The van der Waals surface area contributed by atoms with Gasteiger partial charge in [0.25, 0.3) is 0 Å². The van der Waals surface area contributed by atoms with Gasteiger partial charge in [0, 0.05) is 39.1 Å². The third kappa shape index (κ3) is 5.59. The molecule has 0 spiro atoms. The molecule has 1 aromatic carbocycles. The molecule has 7 heteroatoms. The van der Waals surface area contributed by atoms with E-state index in [1.165, 1.54) is 0 Å². The molecule has 0 fully saturated rings. The summed E-state index contributed by atoms with van der Waals surface area (Å²) in [5, 5.41) is 10.8. The standard InChI is InChI=1S/C16H22BrN5O/c1-18-16(19-7-3-9-22-10-4-8-21-22)20-12-13-5-6-15(23-2)14(17)11-13/h4-6,8,10-11H,3,7,9,12H2,1-2H3,(H2,18,19,20). The van der Waals surface area contributed by atoms with Crippen molar-refractivity contribution in [1.82, 2.24) is 20.4 Å². The Labute approximate surface area is 145 Å². The number of hydrogen-bond donors (Lipinski definition) is 2. The molecule has 0 amide bonds. The number of halogens is 1. The summed E-state index contributed by atoms with van der Waals surface area (Å²) in [5.41, 5.74) is 1.15. The fourth-order valence-corrected chi connectivity index (χ4v) is 2.69. The molecule has 1 heterocycles. The number of nitrogens with one attached hydrogen (secondary N) is 2. The summed E-state index contributed by atoms with van der Waals surface area (Å²) in [7, 11) is 3.43. The summed E-state index contributed by atoms with van der Waals surface area (Å²) >= 11 is 3.49. The lowest BCUT2D eigenvalue weighted by atomic mass is 10.2. The van der Waals surface area contributed by atoms with Gasteiger partial charge in [0.15, 0.2) is 5.96 Å². The van der Waals surface area contributed by atoms with Gasteiger partial charge in [-0.05, 0) is 46.1 Å². The molecule has 0 atom stereocenters. The normalized spacial score (nSPS) is 11.3. The lowest BCUT2D eigenvalue weighted by molar-refractivity contribution is 0.412. The number of aliphatic imine (C=N–C) groups is 1. The minimum atomic E-state index is 0.696. The van der Waals surface area contributed by atoms with Gasteiger partial charge in [-0.3, -0.25) is 9.67 Å². The second kappa shape index (κ2) is 9.19. The van der Waals surface area contributed by atoms with Crippen molar-refractivity contribution in [2.75, 3.05) is 20.7 Å². The van der Waals surface area contributed by atoms with Gasteiger partial charge in [-0.2, -0.15) is 5.10 Å². The van der Waals surface area contributed by atoms with Crippen molar-refractivity contribution in [3.05, 3.63) is 46.7 Å². The van der Waals surface area contributed by atoms with Crippen LogP contribution in [-0.4, -0.2) is 36.4 Å². The van der Waals surface area contributed by atoms with Crippen LogP contribution in [0, 0.1) is 0 Å². The molecule has 2 rings (SSSR count). The van der Waals surface area contributed by atoms with Crippen LogP contribution in [0.25, 0.3) is 0 Å². The molecular formula is C16H22BrN5O. The summed E-state index contributed by atoms with van der Waals surface area (Å²) in [5.74, 6) is 1.62. The molecule has 0 aliphatic carbocycles. The molecule has 0 aliphatic rings. The topological polar surface area (TPSA) is 63.5 Å². The SMILES string of the molecule is CN=C(NCCCn1cccn1)NCc1ccc(OC)c(Br)c1. The maximum absolute atomic E-state index is 5.23. The number of guanidine groups is 1. The van der Waals surface area contributed by atoms with Crippen LogP contribution in [0.3, 0.4) is 0 Å². The summed E-state index contributed by atoms with van der Waals surface area (Å²) in [6.07, 6.45) is 4.74. The molecule has 2 N–H and O–H groups in total. The predicted octanol–water partition coefficient (Wildman–Crippen LogP) is 2.41. The maximum Gasteiger partial charge on any atom is 0.191 e. The molecule has 0 radical (unpaired) electrons. The van der Waals surface area contributed by atoms with Gasteiger partial charge in [-0.15, -0.1) is 0 Å². The molecule has 0 bridgehead atoms. The van der Waals surface area contributed by atoms with E-state index in [4.69, 9.17) is 4.74 Å². The van der Waals surface area contributed by atoms with Crippen LogP contribution in [0.1, 0.15) is 12.0 Å². The van der Waals surface area contributed by atoms with E-state index >= 15 is 0 Å². The van der Waals surface area contributed by atoms with Crippen LogP contribution in [0.15, 0.2) is 46.1 Å². The first-order chi connectivity index (χ1) is 11.2. The summed E-state index contributed by atoms with van der Waals surface area (Å²) in [6.45, 7) is 2.43. The number of rotatable bonds is 7. The third-order valence-electron chi connectivity index (χ3n) is 3.32. The first kappa shape index (κ1) is 17.3. The van der Waals surface area contributed by atoms with Gasteiger partial charge in [-0.25, -0.2) is 0 Å². The highest BCUT2D eigenvalue weighted by molar-refractivity contribution is 9.10. The second-order valence-electron chi connectivity index (χ2n) is 4.94. The number of hydrogen-bond acceptors (Lipinski definition) is 3. The summed E-state index contributed by atoms with van der Waals surface area (Å²) in [4.78, 5) is 4.23. The first-order valence-electron chi connectivity index (χ1n) is 7.47. The van der Waals surface area contributed by atoms with Crippen molar-refractivity contribution in [2.24, 2.45) is 4.99 Å². The summed E-state index contributed by atoms with van der Waals surface area (Å²) < 4.78 is 8.10. The average molecular weight is 380 g/mol. The van der Waals surface area contributed by atoms with Crippen LogP contribution in [0.5, 0.6) is 5.75 Å². The van der Waals surface area contributed by atoms with Crippen molar-refractivity contribution in [3.63, 3.8) is 0 Å². The Morgan fingerprint density at radius 3 is 2.91 bits per heavy atom. The number of nitrogens with zero attached hydrogens (tertiary/aromatic N) is 3. The monoisotopic (exact) mass is 379 g/mol. The lowest BCUT2D eigenvalue weighted by Crippen LogP contribution is -2.37. The number of benzene rings is 1. The highest BCUT2D eigenvalue weighted by Crippen LogP contribution is 2.25.